The van der Waals surface area contributed by atoms with Crippen molar-refractivity contribution in [3.63, 3.8) is 0 Å². The molecule has 5 rings (SSSR count). The van der Waals surface area contributed by atoms with Crippen molar-refractivity contribution in [3.05, 3.63) is 60.1 Å². The second kappa shape index (κ2) is 8.91. The minimum absolute atomic E-state index is 0.0611. The van der Waals surface area contributed by atoms with Gasteiger partial charge in [-0.2, -0.15) is 0 Å². The predicted molar refractivity (Wildman–Crippen MR) is 120 cm³/mol. The average molecular weight is 450 g/mol. The molecule has 5 heterocycles. The summed E-state index contributed by atoms with van der Waals surface area (Å²) >= 11 is 1.55. The Balaban J connectivity index is 1.22. The van der Waals surface area contributed by atoms with E-state index in [2.05, 4.69) is 30.2 Å². The van der Waals surface area contributed by atoms with E-state index < -0.39 is 0 Å². The number of piperidine rings is 1. The number of hydrogen-bond donors (Lipinski definition) is 1. The summed E-state index contributed by atoms with van der Waals surface area (Å²) in [6.07, 6.45) is 10.3. The monoisotopic (exact) mass is 449 g/mol. The first kappa shape index (κ1) is 20.4. The molecule has 1 unspecified atom stereocenters. The van der Waals surface area contributed by atoms with Gasteiger partial charge in [0, 0.05) is 36.4 Å². The van der Waals surface area contributed by atoms with Crippen molar-refractivity contribution in [2.45, 2.75) is 26.3 Å². The number of furan rings is 1. The van der Waals surface area contributed by atoms with Gasteiger partial charge in [-0.25, -0.2) is 19.9 Å². The molecule has 9 nitrogen and oxygen atoms in total. The van der Waals surface area contributed by atoms with E-state index >= 15 is 0 Å². The quantitative estimate of drug-likeness (QED) is 0.482. The minimum atomic E-state index is -0.0896. The van der Waals surface area contributed by atoms with E-state index in [1.54, 1.807) is 36.5 Å². The van der Waals surface area contributed by atoms with Gasteiger partial charge in [-0.1, -0.05) is 0 Å². The van der Waals surface area contributed by atoms with Crippen molar-refractivity contribution in [2.24, 2.45) is 5.92 Å². The molecule has 1 aliphatic rings. The lowest BCUT2D eigenvalue weighted by Gasteiger charge is -2.32. The SMILES string of the molecule is Cc1nc(-c2ccco2)sc1CNC(=O)C1CCCN(c2cc(-n3ccnc3)ncn2)C1. The zero-order valence-electron chi connectivity index (χ0n) is 17.6. The Morgan fingerprint density at radius 1 is 1.34 bits per heavy atom. The number of amides is 1. The Morgan fingerprint density at radius 2 is 2.25 bits per heavy atom. The fourth-order valence-corrected chi connectivity index (χ4v) is 4.83. The molecule has 0 aromatic carbocycles. The summed E-state index contributed by atoms with van der Waals surface area (Å²) < 4.78 is 7.28. The lowest BCUT2D eigenvalue weighted by Crippen LogP contribution is -2.43. The molecule has 0 aliphatic carbocycles. The van der Waals surface area contributed by atoms with Gasteiger partial charge in [0.2, 0.25) is 5.91 Å². The van der Waals surface area contributed by atoms with Crippen molar-refractivity contribution in [3.8, 4) is 16.6 Å². The molecule has 32 heavy (non-hydrogen) atoms. The highest BCUT2D eigenvalue weighted by Gasteiger charge is 2.27. The molecule has 1 aliphatic heterocycles. The van der Waals surface area contributed by atoms with Gasteiger partial charge in [-0.3, -0.25) is 9.36 Å². The highest BCUT2D eigenvalue weighted by atomic mass is 32.1. The number of imidazole rings is 1. The maximum atomic E-state index is 12.9. The van der Waals surface area contributed by atoms with Gasteiger partial charge in [0.15, 0.2) is 10.8 Å². The lowest BCUT2D eigenvalue weighted by molar-refractivity contribution is -0.125. The fraction of sp³-hybridized carbons (Fsp3) is 0.318. The number of nitrogens with one attached hydrogen (secondary N) is 1. The summed E-state index contributed by atoms with van der Waals surface area (Å²) in [6.45, 7) is 3.92. The van der Waals surface area contributed by atoms with Gasteiger partial charge in [-0.15, -0.1) is 11.3 Å². The molecule has 0 radical (unpaired) electrons. The lowest BCUT2D eigenvalue weighted by atomic mass is 9.97. The number of aromatic nitrogens is 5. The third-order valence-corrected chi connectivity index (χ3v) is 6.74. The van der Waals surface area contributed by atoms with Crippen molar-refractivity contribution in [2.75, 3.05) is 18.0 Å². The first-order valence-electron chi connectivity index (χ1n) is 10.5. The van der Waals surface area contributed by atoms with E-state index in [-0.39, 0.29) is 11.8 Å². The minimum Gasteiger partial charge on any atom is -0.462 e. The van der Waals surface area contributed by atoms with E-state index in [0.717, 1.165) is 52.4 Å². The van der Waals surface area contributed by atoms with Gasteiger partial charge in [0.25, 0.3) is 0 Å². The normalized spacial score (nSPS) is 16.3. The topological polar surface area (TPSA) is 102 Å². The number of hydrogen-bond acceptors (Lipinski definition) is 8. The summed E-state index contributed by atoms with van der Waals surface area (Å²) in [5, 5.41) is 3.93. The number of carbonyl (C=O) groups is 1. The Hall–Kier alpha value is -3.53. The summed E-state index contributed by atoms with van der Waals surface area (Å²) in [4.78, 5) is 33.5. The molecule has 4 aromatic heterocycles. The predicted octanol–water partition coefficient (Wildman–Crippen LogP) is 3.22. The van der Waals surface area contributed by atoms with Crippen LogP contribution < -0.4 is 10.2 Å². The molecule has 1 N–H and O–H groups in total. The van der Waals surface area contributed by atoms with Crippen LogP contribution in [0.2, 0.25) is 0 Å². The van der Waals surface area contributed by atoms with Gasteiger partial charge in [0.05, 0.1) is 24.4 Å². The van der Waals surface area contributed by atoms with Gasteiger partial charge in [-0.05, 0) is 31.9 Å². The Morgan fingerprint density at radius 3 is 3.06 bits per heavy atom. The molecule has 0 bridgehead atoms. The number of thiazole rings is 1. The van der Waals surface area contributed by atoms with Crippen molar-refractivity contribution >= 4 is 23.1 Å². The maximum absolute atomic E-state index is 12.9. The number of aryl methyl sites for hydroxylation is 1. The van der Waals surface area contributed by atoms with Crippen molar-refractivity contribution < 1.29 is 9.21 Å². The second-order valence-electron chi connectivity index (χ2n) is 7.71. The molecule has 10 heteroatoms. The standard InChI is InChI=1S/C22H23N7O2S/c1-15-18(32-22(27-15)17-5-3-9-31-17)11-24-21(30)16-4-2-7-28(12-16)19-10-20(26-13-25-19)29-8-6-23-14-29/h3,5-6,8-10,13-14,16H,2,4,7,11-12H2,1H3,(H,24,30). The van der Waals surface area contributed by atoms with Crippen LogP contribution in [0.4, 0.5) is 5.82 Å². The van der Waals surface area contributed by atoms with Crippen LogP contribution in [0.15, 0.2) is 53.9 Å². The molecule has 164 valence electrons. The highest BCUT2D eigenvalue weighted by Crippen LogP contribution is 2.28. The van der Waals surface area contributed by atoms with Crippen LogP contribution in [-0.2, 0) is 11.3 Å². The van der Waals surface area contributed by atoms with Crippen LogP contribution in [0.3, 0.4) is 0 Å². The zero-order chi connectivity index (χ0) is 21.9. The summed E-state index contributed by atoms with van der Waals surface area (Å²) in [7, 11) is 0. The average Bonchev–Trinajstić information content (AvgIpc) is 3.60. The Kier molecular flexibility index (Phi) is 5.68. The van der Waals surface area contributed by atoms with E-state index in [4.69, 9.17) is 4.42 Å². The third-order valence-electron chi connectivity index (χ3n) is 5.57. The van der Waals surface area contributed by atoms with Crippen LogP contribution in [0.25, 0.3) is 16.6 Å². The molecule has 0 spiro atoms. The number of rotatable bonds is 6. The molecule has 1 fully saturated rings. The smallest absolute Gasteiger partial charge is 0.225 e. The van der Waals surface area contributed by atoms with Crippen LogP contribution in [0.5, 0.6) is 0 Å². The fourth-order valence-electron chi connectivity index (χ4n) is 3.85. The second-order valence-corrected chi connectivity index (χ2v) is 8.80. The Labute approximate surface area is 189 Å². The molecular weight excluding hydrogens is 426 g/mol. The summed E-state index contributed by atoms with van der Waals surface area (Å²) in [5.74, 6) is 2.30. The molecule has 1 saturated heterocycles. The van der Waals surface area contributed by atoms with Crippen LogP contribution >= 0.6 is 11.3 Å². The largest absolute Gasteiger partial charge is 0.462 e. The van der Waals surface area contributed by atoms with Crippen molar-refractivity contribution in [1.29, 1.82) is 0 Å². The highest BCUT2D eigenvalue weighted by molar-refractivity contribution is 7.15. The van der Waals surface area contributed by atoms with Gasteiger partial charge < -0.3 is 14.6 Å². The summed E-state index contributed by atoms with van der Waals surface area (Å²) in [6, 6.07) is 5.67. The third kappa shape index (κ3) is 4.26. The first-order chi connectivity index (χ1) is 15.7. The molecule has 1 amide bonds. The zero-order valence-corrected chi connectivity index (χ0v) is 18.5. The number of nitrogens with zero attached hydrogens (tertiary/aromatic N) is 6. The molecule has 4 aromatic rings. The van der Waals surface area contributed by atoms with Gasteiger partial charge >= 0.3 is 0 Å². The number of carbonyl (C=O) groups excluding carboxylic acids is 1. The Bertz CT molecular complexity index is 1190. The van der Waals surface area contributed by atoms with E-state index in [1.807, 2.05) is 35.9 Å². The molecular formula is C22H23N7O2S. The maximum Gasteiger partial charge on any atom is 0.225 e. The molecule has 0 saturated carbocycles. The van der Waals surface area contributed by atoms with Crippen molar-refractivity contribution in [1.82, 2.24) is 29.8 Å². The van der Waals surface area contributed by atoms with Crippen LogP contribution in [0, 0.1) is 12.8 Å². The van der Waals surface area contributed by atoms with Crippen LogP contribution in [0.1, 0.15) is 23.4 Å². The van der Waals surface area contributed by atoms with Gasteiger partial charge in [0.1, 0.15) is 24.3 Å². The molecule has 1 atom stereocenters. The summed E-state index contributed by atoms with van der Waals surface area (Å²) in [5.41, 5.74) is 0.917. The van der Waals surface area contributed by atoms with E-state index in [9.17, 15) is 4.79 Å². The van der Waals surface area contributed by atoms with E-state index in [1.165, 1.54) is 0 Å². The number of anilines is 1. The first-order valence-corrected chi connectivity index (χ1v) is 11.3. The van der Waals surface area contributed by atoms with E-state index in [0.29, 0.717) is 13.1 Å². The van der Waals surface area contributed by atoms with Crippen LogP contribution in [-0.4, -0.2) is 43.5 Å².